The first-order valence-electron chi connectivity index (χ1n) is 7.73. The van der Waals surface area contributed by atoms with Crippen molar-refractivity contribution in [1.29, 1.82) is 0 Å². The molecule has 22 heavy (non-hydrogen) atoms. The van der Waals surface area contributed by atoms with Crippen LogP contribution < -0.4 is 5.73 Å². The van der Waals surface area contributed by atoms with Crippen molar-refractivity contribution in [2.75, 3.05) is 13.1 Å². The van der Waals surface area contributed by atoms with Crippen molar-refractivity contribution in [2.45, 2.75) is 30.7 Å². The van der Waals surface area contributed by atoms with E-state index in [2.05, 4.69) is 0 Å². The second-order valence-electron chi connectivity index (χ2n) is 6.08. The van der Waals surface area contributed by atoms with Crippen LogP contribution in [0.3, 0.4) is 0 Å². The van der Waals surface area contributed by atoms with Gasteiger partial charge in [-0.15, -0.1) is 0 Å². The minimum absolute atomic E-state index is 0.127. The van der Waals surface area contributed by atoms with E-state index in [-0.39, 0.29) is 6.04 Å². The maximum Gasteiger partial charge on any atom is 0.243 e. The lowest BCUT2D eigenvalue weighted by Crippen LogP contribution is -2.42. The average molecular weight is 318 g/mol. The topological polar surface area (TPSA) is 63.4 Å². The van der Waals surface area contributed by atoms with Gasteiger partial charge < -0.3 is 5.73 Å². The fraction of sp³-hybridized carbons (Fsp3) is 0.412. The Balaban J connectivity index is 1.93. The molecule has 1 unspecified atom stereocenters. The van der Waals surface area contributed by atoms with Gasteiger partial charge in [-0.05, 0) is 37.1 Å². The van der Waals surface area contributed by atoms with E-state index < -0.39 is 10.0 Å². The zero-order valence-electron chi connectivity index (χ0n) is 12.8. The summed E-state index contributed by atoms with van der Waals surface area (Å²) in [6.07, 6.45) is 1.67. The van der Waals surface area contributed by atoms with Crippen LogP contribution in [-0.2, 0) is 10.0 Å². The Morgan fingerprint density at radius 2 is 1.73 bits per heavy atom. The smallest absolute Gasteiger partial charge is 0.243 e. The zero-order valence-corrected chi connectivity index (χ0v) is 13.6. The van der Waals surface area contributed by atoms with E-state index in [0.29, 0.717) is 23.9 Å². The molecule has 2 N–H and O–H groups in total. The molecule has 4 nitrogen and oxygen atoms in total. The van der Waals surface area contributed by atoms with Crippen LogP contribution in [0.4, 0.5) is 0 Å². The first-order chi connectivity index (χ1) is 10.5. The van der Waals surface area contributed by atoms with Gasteiger partial charge in [0.15, 0.2) is 0 Å². The van der Waals surface area contributed by atoms with E-state index >= 15 is 0 Å². The lowest BCUT2D eigenvalue weighted by atomic mass is 9.92. The Labute approximate surface area is 132 Å². The molecule has 0 radical (unpaired) electrons. The predicted molar refractivity (Wildman–Crippen MR) is 89.1 cm³/mol. The van der Waals surface area contributed by atoms with Gasteiger partial charge in [0.1, 0.15) is 0 Å². The highest BCUT2D eigenvalue weighted by molar-refractivity contribution is 7.89. The maximum absolute atomic E-state index is 13.0. The summed E-state index contributed by atoms with van der Waals surface area (Å²) in [6, 6.07) is 13.2. The molecule has 1 saturated heterocycles. The number of hydrogen-bond donors (Lipinski definition) is 1. The number of sulfonamides is 1. The van der Waals surface area contributed by atoms with Crippen molar-refractivity contribution in [1.82, 2.24) is 4.31 Å². The fourth-order valence-corrected chi connectivity index (χ4v) is 4.89. The monoisotopic (exact) mass is 318 g/mol. The third kappa shape index (κ3) is 2.76. The van der Waals surface area contributed by atoms with Crippen LogP contribution in [0, 0.1) is 5.92 Å². The van der Waals surface area contributed by atoms with Gasteiger partial charge in [0.25, 0.3) is 0 Å². The number of nitrogens with two attached hydrogens (primary N) is 1. The molecule has 2 aromatic rings. The first kappa shape index (κ1) is 15.5. The molecule has 0 aromatic heterocycles. The largest absolute Gasteiger partial charge is 0.328 e. The summed E-state index contributed by atoms with van der Waals surface area (Å²) < 4.78 is 27.5. The lowest BCUT2D eigenvalue weighted by Gasteiger charge is -2.33. The average Bonchev–Trinajstić information content (AvgIpc) is 2.54. The van der Waals surface area contributed by atoms with Crippen molar-refractivity contribution >= 4 is 20.8 Å². The lowest BCUT2D eigenvalue weighted by molar-refractivity contribution is 0.251. The van der Waals surface area contributed by atoms with Crippen molar-refractivity contribution < 1.29 is 8.42 Å². The molecule has 1 aliphatic rings. The highest BCUT2D eigenvalue weighted by Gasteiger charge is 2.31. The summed E-state index contributed by atoms with van der Waals surface area (Å²) >= 11 is 0. The first-order valence-corrected chi connectivity index (χ1v) is 9.17. The minimum Gasteiger partial charge on any atom is -0.328 e. The zero-order chi connectivity index (χ0) is 15.7. The molecule has 0 saturated carbocycles. The van der Waals surface area contributed by atoms with E-state index in [0.717, 1.165) is 23.6 Å². The van der Waals surface area contributed by atoms with Gasteiger partial charge in [-0.3, -0.25) is 0 Å². The molecule has 3 rings (SSSR count). The molecule has 1 aliphatic heterocycles. The summed E-state index contributed by atoms with van der Waals surface area (Å²) in [7, 11) is -3.45. The quantitative estimate of drug-likeness (QED) is 0.946. The van der Waals surface area contributed by atoms with Crippen LogP contribution in [0.25, 0.3) is 10.8 Å². The van der Waals surface area contributed by atoms with Crippen molar-refractivity contribution in [3.05, 3.63) is 42.5 Å². The molecule has 5 heteroatoms. The normalized spacial score (nSPS) is 19.4. The third-order valence-electron chi connectivity index (χ3n) is 4.61. The van der Waals surface area contributed by atoms with E-state index in [1.165, 1.54) is 0 Å². The maximum atomic E-state index is 13.0. The van der Waals surface area contributed by atoms with E-state index in [1.54, 1.807) is 10.4 Å². The summed E-state index contributed by atoms with van der Waals surface area (Å²) in [6.45, 7) is 3.11. The van der Waals surface area contributed by atoms with Crippen LogP contribution in [0.1, 0.15) is 19.8 Å². The number of piperidine rings is 1. The van der Waals surface area contributed by atoms with E-state index in [4.69, 9.17) is 5.73 Å². The number of rotatable bonds is 3. The van der Waals surface area contributed by atoms with Crippen molar-refractivity contribution in [3.63, 3.8) is 0 Å². The Kier molecular flexibility index (Phi) is 4.21. The van der Waals surface area contributed by atoms with Gasteiger partial charge >= 0.3 is 0 Å². The van der Waals surface area contributed by atoms with Gasteiger partial charge in [0.2, 0.25) is 10.0 Å². The Morgan fingerprint density at radius 1 is 1.09 bits per heavy atom. The van der Waals surface area contributed by atoms with Crippen LogP contribution in [-0.4, -0.2) is 31.9 Å². The second-order valence-corrected chi connectivity index (χ2v) is 7.98. The molecule has 1 heterocycles. The van der Waals surface area contributed by atoms with Gasteiger partial charge in [0, 0.05) is 24.5 Å². The van der Waals surface area contributed by atoms with Gasteiger partial charge in [-0.2, -0.15) is 4.31 Å². The molecule has 0 bridgehead atoms. The summed E-state index contributed by atoms with van der Waals surface area (Å²) in [5.41, 5.74) is 5.94. The fourth-order valence-electron chi connectivity index (χ4n) is 3.20. The number of benzene rings is 2. The number of hydrogen-bond acceptors (Lipinski definition) is 3. The summed E-state index contributed by atoms with van der Waals surface area (Å²) in [5.74, 6) is 0.416. The van der Waals surface area contributed by atoms with Crippen LogP contribution in [0.15, 0.2) is 47.4 Å². The Bertz CT molecular complexity index is 758. The van der Waals surface area contributed by atoms with Crippen molar-refractivity contribution in [2.24, 2.45) is 11.7 Å². The second kappa shape index (κ2) is 5.99. The third-order valence-corrected chi connectivity index (χ3v) is 6.57. The summed E-state index contributed by atoms with van der Waals surface area (Å²) in [5, 5.41) is 1.74. The van der Waals surface area contributed by atoms with Crippen LogP contribution >= 0.6 is 0 Å². The molecule has 118 valence electrons. The molecule has 0 aliphatic carbocycles. The molecule has 0 amide bonds. The van der Waals surface area contributed by atoms with Gasteiger partial charge in [0.05, 0.1) is 4.90 Å². The molecule has 0 spiro atoms. The van der Waals surface area contributed by atoms with Crippen molar-refractivity contribution in [3.8, 4) is 0 Å². The molecular weight excluding hydrogens is 296 g/mol. The number of nitrogens with zero attached hydrogens (tertiary/aromatic N) is 1. The minimum atomic E-state index is -3.45. The summed E-state index contributed by atoms with van der Waals surface area (Å²) in [4.78, 5) is 0.407. The Hall–Kier alpha value is -1.43. The Morgan fingerprint density at radius 3 is 2.41 bits per heavy atom. The predicted octanol–water partition coefficient (Wildman–Crippen LogP) is 2.59. The molecule has 1 fully saturated rings. The highest BCUT2D eigenvalue weighted by Crippen LogP contribution is 2.29. The van der Waals surface area contributed by atoms with Crippen LogP contribution in [0.5, 0.6) is 0 Å². The van der Waals surface area contributed by atoms with E-state index in [1.807, 2.05) is 43.3 Å². The molecule has 2 aromatic carbocycles. The van der Waals surface area contributed by atoms with E-state index in [9.17, 15) is 8.42 Å². The standard InChI is InChI=1S/C17H22N2O2S/c1-13(18)14-9-11-19(12-10-14)22(20,21)17-8-4-6-15-5-2-3-7-16(15)17/h2-8,13-14H,9-12,18H2,1H3. The molecule has 1 atom stereocenters. The molecular formula is C17H22N2O2S. The number of fused-ring (bicyclic) bond motifs is 1. The van der Waals surface area contributed by atoms with Gasteiger partial charge in [-0.25, -0.2) is 8.42 Å². The highest BCUT2D eigenvalue weighted by atomic mass is 32.2. The van der Waals surface area contributed by atoms with Crippen LogP contribution in [0.2, 0.25) is 0 Å². The van der Waals surface area contributed by atoms with Gasteiger partial charge in [-0.1, -0.05) is 36.4 Å². The SMILES string of the molecule is CC(N)C1CCN(S(=O)(=O)c2cccc3ccccc23)CC1.